The van der Waals surface area contributed by atoms with Crippen LogP contribution in [0.15, 0.2) is 36.4 Å². The third kappa shape index (κ3) is 2.71. The van der Waals surface area contributed by atoms with Gasteiger partial charge in [-0.15, -0.1) is 0 Å². The number of phenols is 1. The molecule has 0 aliphatic carbocycles. The highest BCUT2D eigenvalue weighted by Gasteiger charge is 2.07. The second-order valence-electron chi connectivity index (χ2n) is 3.74. The van der Waals surface area contributed by atoms with Gasteiger partial charge in [0.05, 0.1) is 16.7 Å². The van der Waals surface area contributed by atoms with E-state index < -0.39 is 0 Å². The summed E-state index contributed by atoms with van der Waals surface area (Å²) in [6, 6.07) is 10.5. The molecular formula is C14H12Cl2O2. The standard InChI is InChI=1S/C14H12Cl2O2/c1-2-18-10-4-5-11(13(16)8-10)9-3-6-12(15)14(17)7-9/h3-8,17H,2H2,1H3. The fraction of sp³-hybridized carbons (Fsp3) is 0.143. The Balaban J connectivity index is 2.41. The number of rotatable bonds is 3. The molecule has 0 aromatic heterocycles. The van der Waals surface area contributed by atoms with Crippen molar-refractivity contribution in [2.75, 3.05) is 6.61 Å². The van der Waals surface area contributed by atoms with Gasteiger partial charge in [0, 0.05) is 5.56 Å². The zero-order valence-electron chi connectivity index (χ0n) is 9.78. The van der Waals surface area contributed by atoms with Crippen LogP contribution in [-0.4, -0.2) is 11.7 Å². The molecule has 0 radical (unpaired) electrons. The largest absolute Gasteiger partial charge is 0.506 e. The molecule has 2 aromatic carbocycles. The van der Waals surface area contributed by atoms with Crippen LogP contribution in [0, 0.1) is 0 Å². The van der Waals surface area contributed by atoms with Gasteiger partial charge in [-0.25, -0.2) is 0 Å². The van der Waals surface area contributed by atoms with Crippen LogP contribution >= 0.6 is 23.2 Å². The molecule has 2 nitrogen and oxygen atoms in total. The minimum atomic E-state index is 0.0409. The molecule has 0 amide bonds. The first-order chi connectivity index (χ1) is 8.61. The van der Waals surface area contributed by atoms with Crippen molar-refractivity contribution in [3.05, 3.63) is 46.4 Å². The molecule has 2 rings (SSSR count). The Kier molecular flexibility index (Phi) is 4.00. The zero-order valence-corrected chi connectivity index (χ0v) is 11.3. The summed E-state index contributed by atoms with van der Waals surface area (Å²) in [4.78, 5) is 0. The van der Waals surface area contributed by atoms with E-state index in [9.17, 15) is 5.11 Å². The molecule has 0 saturated carbocycles. The van der Waals surface area contributed by atoms with Crippen molar-refractivity contribution < 1.29 is 9.84 Å². The molecule has 1 N–H and O–H groups in total. The quantitative estimate of drug-likeness (QED) is 0.879. The lowest BCUT2D eigenvalue weighted by atomic mass is 10.1. The first kappa shape index (κ1) is 13.1. The second-order valence-corrected chi connectivity index (χ2v) is 4.56. The molecule has 0 atom stereocenters. The Morgan fingerprint density at radius 1 is 1.06 bits per heavy atom. The molecule has 0 saturated heterocycles. The summed E-state index contributed by atoms with van der Waals surface area (Å²) < 4.78 is 5.37. The van der Waals surface area contributed by atoms with Crippen molar-refractivity contribution in [2.45, 2.75) is 6.92 Å². The van der Waals surface area contributed by atoms with Crippen LogP contribution in [0.1, 0.15) is 6.92 Å². The van der Waals surface area contributed by atoms with Crippen LogP contribution in [0.4, 0.5) is 0 Å². The van der Waals surface area contributed by atoms with Crippen molar-refractivity contribution in [2.24, 2.45) is 0 Å². The molecule has 0 aliphatic rings. The van der Waals surface area contributed by atoms with Crippen LogP contribution in [0.5, 0.6) is 11.5 Å². The summed E-state index contributed by atoms with van der Waals surface area (Å²) >= 11 is 12.0. The number of benzene rings is 2. The molecule has 94 valence electrons. The first-order valence-corrected chi connectivity index (χ1v) is 6.28. The van der Waals surface area contributed by atoms with Gasteiger partial charge in [0.1, 0.15) is 11.5 Å². The summed E-state index contributed by atoms with van der Waals surface area (Å²) in [7, 11) is 0. The van der Waals surface area contributed by atoms with E-state index in [1.54, 1.807) is 18.2 Å². The van der Waals surface area contributed by atoms with Gasteiger partial charge in [0.2, 0.25) is 0 Å². The van der Waals surface area contributed by atoms with E-state index in [2.05, 4.69) is 0 Å². The van der Waals surface area contributed by atoms with Gasteiger partial charge in [-0.2, -0.15) is 0 Å². The smallest absolute Gasteiger partial charge is 0.134 e. The van der Waals surface area contributed by atoms with E-state index in [0.717, 1.165) is 16.9 Å². The lowest BCUT2D eigenvalue weighted by Gasteiger charge is -2.09. The minimum Gasteiger partial charge on any atom is -0.506 e. The SMILES string of the molecule is CCOc1ccc(-c2ccc(Cl)c(O)c2)c(Cl)c1. The van der Waals surface area contributed by atoms with E-state index in [1.165, 1.54) is 0 Å². The van der Waals surface area contributed by atoms with Gasteiger partial charge in [-0.05, 0) is 42.8 Å². The van der Waals surface area contributed by atoms with Gasteiger partial charge in [0.15, 0.2) is 0 Å². The summed E-state index contributed by atoms with van der Waals surface area (Å²) in [6.07, 6.45) is 0. The number of aromatic hydroxyl groups is 1. The number of halogens is 2. The number of ether oxygens (including phenoxy) is 1. The van der Waals surface area contributed by atoms with Crippen molar-refractivity contribution in [1.29, 1.82) is 0 Å². The highest BCUT2D eigenvalue weighted by atomic mass is 35.5. The predicted molar refractivity (Wildman–Crippen MR) is 74.7 cm³/mol. The summed E-state index contributed by atoms with van der Waals surface area (Å²) in [6.45, 7) is 2.51. The fourth-order valence-electron chi connectivity index (χ4n) is 1.67. The Hall–Kier alpha value is -1.38. The van der Waals surface area contributed by atoms with Crippen LogP contribution in [-0.2, 0) is 0 Å². The zero-order chi connectivity index (χ0) is 13.1. The normalized spacial score (nSPS) is 10.4. The van der Waals surface area contributed by atoms with Gasteiger partial charge >= 0.3 is 0 Å². The van der Waals surface area contributed by atoms with Crippen molar-refractivity contribution in [1.82, 2.24) is 0 Å². The molecule has 0 bridgehead atoms. The Morgan fingerprint density at radius 2 is 1.83 bits per heavy atom. The Bertz CT molecular complexity index is 568. The summed E-state index contributed by atoms with van der Waals surface area (Å²) in [5.41, 5.74) is 1.64. The minimum absolute atomic E-state index is 0.0409. The molecule has 0 spiro atoms. The Morgan fingerprint density at radius 3 is 2.44 bits per heavy atom. The van der Waals surface area contributed by atoms with Crippen LogP contribution < -0.4 is 4.74 Å². The van der Waals surface area contributed by atoms with Gasteiger partial charge in [-0.3, -0.25) is 0 Å². The maximum absolute atomic E-state index is 9.59. The average Bonchev–Trinajstić information content (AvgIpc) is 2.34. The third-order valence-electron chi connectivity index (χ3n) is 2.51. The summed E-state index contributed by atoms with van der Waals surface area (Å²) in [5, 5.41) is 10.5. The second kappa shape index (κ2) is 5.51. The molecule has 4 heteroatoms. The fourth-order valence-corrected chi connectivity index (χ4v) is 2.06. The monoisotopic (exact) mass is 282 g/mol. The van der Waals surface area contributed by atoms with Crippen LogP contribution in [0.3, 0.4) is 0 Å². The van der Waals surface area contributed by atoms with E-state index in [-0.39, 0.29) is 5.75 Å². The molecule has 0 aliphatic heterocycles. The van der Waals surface area contributed by atoms with Crippen molar-refractivity contribution in [3.63, 3.8) is 0 Å². The van der Waals surface area contributed by atoms with Gasteiger partial charge in [0.25, 0.3) is 0 Å². The van der Waals surface area contributed by atoms with Crippen molar-refractivity contribution >= 4 is 23.2 Å². The van der Waals surface area contributed by atoms with Crippen molar-refractivity contribution in [3.8, 4) is 22.6 Å². The molecule has 0 heterocycles. The molecule has 18 heavy (non-hydrogen) atoms. The third-order valence-corrected chi connectivity index (χ3v) is 3.14. The van der Waals surface area contributed by atoms with E-state index in [4.69, 9.17) is 27.9 Å². The van der Waals surface area contributed by atoms with E-state index in [1.807, 2.05) is 25.1 Å². The topological polar surface area (TPSA) is 29.5 Å². The highest BCUT2D eigenvalue weighted by Crippen LogP contribution is 2.35. The summed E-state index contributed by atoms with van der Waals surface area (Å²) in [5.74, 6) is 0.767. The number of hydrogen-bond donors (Lipinski definition) is 1. The molecule has 0 fully saturated rings. The highest BCUT2D eigenvalue weighted by molar-refractivity contribution is 6.34. The average molecular weight is 283 g/mol. The number of hydrogen-bond acceptors (Lipinski definition) is 2. The first-order valence-electron chi connectivity index (χ1n) is 5.53. The molecular weight excluding hydrogens is 271 g/mol. The number of phenolic OH excluding ortho intramolecular Hbond substituents is 1. The maximum atomic E-state index is 9.59. The van der Waals surface area contributed by atoms with E-state index in [0.29, 0.717) is 16.7 Å². The van der Waals surface area contributed by atoms with Crippen LogP contribution in [0.2, 0.25) is 10.0 Å². The molecule has 2 aromatic rings. The van der Waals surface area contributed by atoms with Crippen LogP contribution in [0.25, 0.3) is 11.1 Å². The maximum Gasteiger partial charge on any atom is 0.134 e. The molecule has 0 unspecified atom stereocenters. The Labute approximate surface area is 116 Å². The van der Waals surface area contributed by atoms with Gasteiger partial charge in [-0.1, -0.05) is 29.3 Å². The predicted octanol–water partition coefficient (Wildman–Crippen LogP) is 4.76. The van der Waals surface area contributed by atoms with Gasteiger partial charge < -0.3 is 9.84 Å². The lowest BCUT2D eigenvalue weighted by molar-refractivity contribution is 0.340. The van der Waals surface area contributed by atoms with E-state index >= 15 is 0 Å². The lowest BCUT2D eigenvalue weighted by Crippen LogP contribution is -1.91.